The second-order valence-corrected chi connectivity index (χ2v) is 1.54. The maximum atomic E-state index is 9.85. The van der Waals surface area contributed by atoms with Gasteiger partial charge in [0.25, 0.3) is 0 Å². The zero-order valence-corrected chi connectivity index (χ0v) is 8.07. The first-order valence-corrected chi connectivity index (χ1v) is 2.24. The second-order valence-electron chi connectivity index (χ2n) is 1.54. The number of carboxylic acids is 2. The van der Waals surface area contributed by atoms with Crippen molar-refractivity contribution in [2.45, 2.75) is 12.5 Å². The molecule has 7 heteroatoms. The molecule has 0 aliphatic carbocycles. The molecule has 0 aromatic rings. The summed E-state index contributed by atoms with van der Waals surface area (Å²) < 4.78 is 0. The topological polar surface area (TPSA) is 132 Å². The number of rotatable bonds is 3. The fourth-order valence-corrected chi connectivity index (χ4v) is 0.275. The van der Waals surface area contributed by atoms with Crippen LogP contribution in [0.1, 0.15) is 6.42 Å². The maximum absolute atomic E-state index is 9.85. The van der Waals surface area contributed by atoms with Gasteiger partial charge in [0.05, 0.1) is 6.42 Å². The van der Waals surface area contributed by atoms with Gasteiger partial charge in [-0.25, -0.2) is 0 Å². The van der Waals surface area contributed by atoms with E-state index in [1.165, 1.54) is 0 Å². The van der Waals surface area contributed by atoms with Crippen LogP contribution < -0.4 is 35.3 Å². The minimum Gasteiger partial charge on any atom is -0.481 e. The predicted molar refractivity (Wildman–Crippen MR) is 31.5 cm³/mol. The summed E-state index contributed by atoms with van der Waals surface area (Å²) in [5.41, 5.74) is 4.84. The molecule has 0 saturated carbocycles. The molecule has 0 saturated heterocycles. The summed E-state index contributed by atoms with van der Waals surface area (Å²) in [4.78, 5) is 19.6. The third kappa shape index (κ3) is 9.86. The van der Waals surface area contributed by atoms with Crippen LogP contribution in [0.2, 0.25) is 0 Å². The summed E-state index contributed by atoms with van der Waals surface area (Å²) in [5.74, 6) is -2.50. The van der Waals surface area contributed by atoms with Crippen LogP contribution in [0.5, 0.6) is 0 Å². The summed E-state index contributed by atoms with van der Waals surface area (Å²) in [7, 11) is 0. The number of carbonyl (C=O) groups is 2. The molecular formula is C4H9NNaO5+. The van der Waals surface area contributed by atoms with Crippen molar-refractivity contribution in [2.75, 3.05) is 0 Å². The van der Waals surface area contributed by atoms with E-state index in [1.807, 2.05) is 0 Å². The number of carboxylic acid groups (broad SMARTS) is 2. The first-order chi connectivity index (χ1) is 4.04. The number of hydrogen-bond acceptors (Lipinski definition) is 3. The quantitative estimate of drug-likeness (QED) is 0.369. The third-order valence-electron chi connectivity index (χ3n) is 0.712. The van der Waals surface area contributed by atoms with Gasteiger partial charge in [-0.05, 0) is 0 Å². The van der Waals surface area contributed by atoms with Gasteiger partial charge in [-0.2, -0.15) is 0 Å². The van der Waals surface area contributed by atoms with E-state index in [0.29, 0.717) is 0 Å². The van der Waals surface area contributed by atoms with Gasteiger partial charge in [0.1, 0.15) is 6.04 Å². The van der Waals surface area contributed by atoms with E-state index in [9.17, 15) is 9.59 Å². The predicted octanol–water partition coefficient (Wildman–Crippen LogP) is -4.95. The molecule has 0 aromatic heterocycles. The molecule has 0 fully saturated rings. The van der Waals surface area contributed by atoms with Crippen LogP contribution in [-0.2, 0) is 9.59 Å². The van der Waals surface area contributed by atoms with Crippen molar-refractivity contribution >= 4 is 11.9 Å². The SMILES string of the molecule is N[C@@H](CC(=O)O)C(=O)O.O.[Na+]. The Balaban J connectivity index is -0.000000320. The van der Waals surface area contributed by atoms with Gasteiger partial charge >= 0.3 is 41.5 Å². The van der Waals surface area contributed by atoms with Crippen LogP contribution in [0, 0.1) is 0 Å². The molecule has 0 aliphatic rings. The minimum atomic E-state index is -1.29. The zero-order valence-electron chi connectivity index (χ0n) is 6.07. The van der Waals surface area contributed by atoms with E-state index in [-0.39, 0.29) is 35.0 Å². The van der Waals surface area contributed by atoms with Gasteiger partial charge in [-0.3, -0.25) is 9.59 Å². The average Bonchev–Trinajstić information content (AvgIpc) is 1.63. The zero-order chi connectivity index (χ0) is 7.44. The van der Waals surface area contributed by atoms with Gasteiger partial charge in [0.2, 0.25) is 0 Å². The van der Waals surface area contributed by atoms with Crippen LogP contribution in [0.4, 0.5) is 0 Å². The third-order valence-corrected chi connectivity index (χ3v) is 0.712. The van der Waals surface area contributed by atoms with Crippen LogP contribution >= 0.6 is 0 Å². The first kappa shape index (κ1) is 17.1. The van der Waals surface area contributed by atoms with E-state index in [2.05, 4.69) is 0 Å². The average molecular weight is 174 g/mol. The van der Waals surface area contributed by atoms with E-state index in [1.54, 1.807) is 0 Å². The smallest absolute Gasteiger partial charge is 0.481 e. The van der Waals surface area contributed by atoms with Gasteiger partial charge in [0.15, 0.2) is 0 Å². The van der Waals surface area contributed by atoms with Crippen LogP contribution in [-0.4, -0.2) is 33.7 Å². The number of hydrogen-bond donors (Lipinski definition) is 3. The Bertz CT molecular complexity index is 138. The van der Waals surface area contributed by atoms with Gasteiger partial charge < -0.3 is 21.4 Å². The largest absolute Gasteiger partial charge is 1.00 e. The Hall–Kier alpha value is -0.140. The van der Waals surface area contributed by atoms with Crippen molar-refractivity contribution in [1.29, 1.82) is 0 Å². The molecule has 60 valence electrons. The Morgan fingerprint density at radius 3 is 1.82 bits per heavy atom. The first-order valence-electron chi connectivity index (χ1n) is 2.24. The Morgan fingerprint density at radius 1 is 1.36 bits per heavy atom. The monoisotopic (exact) mass is 174 g/mol. The van der Waals surface area contributed by atoms with Gasteiger partial charge in [-0.1, -0.05) is 0 Å². The van der Waals surface area contributed by atoms with Crippen molar-refractivity contribution in [3.63, 3.8) is 0 Å². The fourth-order valence-electron chi connectivity index (χ4n) is 0.275. The molecule has 0 rings (SSSR count). The summed E-state index contributed by atoms with van der Waals surface area (Å²) in [6.45, 7) is 0. The van der Waals surface area contributed by atoms with Crippen molar-refractivity contribution < 1.29 is 54.8 Å². The van der Waals surface area contributed by atoms with Crippen LogP contribution in [0.25, 0.3) is 0 Å². The Labute approximate surface area is 85.0 Å². The van der Waals surface area contributed by atoms with Crippen molar-refractivity contribution in [2.24, 2.45) is 5.73 Å². The van der Waals surface area contributed by atoms with E-state index in [4.69, 9.17) is 15.9 Å². The Kier molecular flexibility index (Phi) is 12.4. The van der Waals surface area contributed by atoms with E-state index < -0.39 is 24.4 Å². The number of nitrogens with two attached hydrogens (primary N) is 1. The molecule has 0 heterocycles. The molecule has 6 nitrogen and oxygen atoms in total. The van der Waals surface area contributed by atoms with Crippen molar-refractivity contribution in [3.8, 4) is 0 Å². The number of aliphatic carboxylic acids is 2. The molecule has 0 aromatic carbocycles. The molecule has 0 amide bonds. The molecule has 0 bridgehead atoms. The standard InChI is InChI=1S/C4H7NO4.Na.H2O/c5-2(4(8)9)1-3(6)7;;/h2H,1,5H2,(H,6,7)(H,8,9);;1H2/q;+1;/t2-;;/m0../s1. The molecular weight excluding hydrogens is 165 g/mol. The molecule has 1 atom stereocenters. The van der Waals surface area contributed by atoms with Crippen LogP contribution in [0.15, 0.2) is 0 Å². The molecule has 6 N–H and O–H groups in total. The van der Waals surface area contributed by atoms with Gasteiger partial charge in [-0.15, -0.1) is 0 Å². The minimum absolute atomic E-state index is 0. The van der Waals surface area contributed by atoms with Crippen molar-refractivity contribution in [1.82, 2.24) is 0 Å². The second kappa shape index (κ2) is 7.96. The molecule has 0 radical (unpaired) electrons. The van der Waals surface area contributed by atoms with E-state index in [0.717, 1.165) is 0 Å². The summed E-state index contributed by atoms with van der Waals surface area (Å²) >= 11 is 0. The molecule has 0 aliphatic heterocycles. The van der Waals surface area contributed by atoms with E-state index >= 15 is 0 Å². The summed E-state index contributed by atoms with van der Waals surface area (Å²) in [5, 5.41) is 16.0. The molecule has 0 spiro atoms. The normalized spacial score (nSPS) is 10.3. The fraction of sp³-hybridized carbons (Fsp3) is 0.500. The van der Waals surface area contributed by atoms with Crippen LogP contribution in [0.3, 0.4) is 0 Å². The maximum Gasteiger partial charge on any atom is 1.00 e. The molecule has 0 unspecified atom stereocenters. The molecule has 11 heavy (non-hydrogen) atoms. The summed E-state index contributed by atoms with van der Waals surface area (Å²) in [6.07, 6.45) is -0.532. The summed E-state index contributed by atoms with van der Waals surface area (Å²) in [6, 6.07) is -1.29. The Morgan fingerprint density at radius 2 is 1.73 bits per heavy atom. The van der Waals surface area contributed by atoms with Crippen molar-refractivity contribution in [3.05, 3.63) is 0 Å². The van der Waals surface area contributed by atoms with Gasteiger partial charge in [0, 0.05) is 0 Å².